The number of hydrogen-bond donors (Lipinski definition) is 3. The van der Waals surface area contributed by atoms with Crippen molar-refractivity contribution in [2.45, 2.75) is 89.6 Å². The summed E-state index contributed by atoms with van der Waals surface area (Å²) in [7, 11) is 0. The highest BCUT2D eigenvalue weighted by atomic mass is 16.4. The number of amides is 1. The first-order chi connectivity index (χ1) is 18.0. The van der Waals surface area contributed by atoms with Gasteiger partial charge in [0, 0.05) is 23.8 Å². The second kappa shape index (κ2) is 11.4. The van der Waals surface area contributed by atoms with E-state index < -0.39 is 5.97 Å². The van der Waals surface area contributed by atoms with Crippen molar-refractivity contribution < 1.29 is 14.7 Å². The summed E-state index contributed by atoms with van der Waals surface area (Å²) in [5, 5.41) is 16.4. The number of imidazole rings is 1. The average molecular weight is 503 g/mol. The first-order valence-electron chi connectivity index (χ1n) is 13.9. The highest BCUT2D eigenvalue weighted by molar-refractivity contribution is 6.01. The lowest BCUT2D eigenvalue weighted by molar-refractivity contribution is -0.137. The van der Waals surface area contributed by atoms with Gasteiger partial charge in [0.05, 0.1) is 12.0 Å². The van der Waals surface area contributed by atoms with E-state index >= 15 is 0 Å². The van der Waals surface area contributed by atoms with E-state index in [1.807, 2.05) is 22.7 Å². The molecular formula is C30H38N4O3. The number of nitrogens with one attached hydrogen (secondary N) is 2. The number of aliphatic carboxylic acids is 1. The third-order valence-electron chi connectivity index (χ3n) is 8.06. The maximum absolute atomic E-state index is 13.6. The van der Waals surface area contributed by atoms with Crippen LogP contribution in [0, 0.1) is 12.8 Å². The first-order valence-corrected chi connectivity index (χ1v) is 13.9. The fourth-order valence-electron chi connectivity index (χ4n) is 6.12. The van der Waals surface area contributed by atoms with Gasteiger partial charge < -0.3 is 15.7 Å². The Bertz CT molecular complexity index is 1250. The molecule has 196 valence electrons. The molecule has 2 aliphatic rings. The standard InChI is InChI=1S/C30H38N4O3/c1-20-10-8-13-22(18-20)27-29(31-23-14-6-3-7-15-23)34-17-9-16-24(28(34)33-27)30(37)32-25(19-26(35)36)21-11-4-2-5-12-21/h8-10,13,16-18,21,23,25,31H,2-7,11-12,14-15,19H2,1H3,(H,32,37)(H,35,36). The number of benzene rings is 1. The second-order valence-corrected chi connectivity index (χ2v) is 10.8. The number of nitrogens with zero attached hydrogens (tertiary/aromatic N) is 2. The molecule has 1 atom stereocenters. The van der Waals surface area contributed by atoms with E-state index in [2.05, 4.69) is 35.8 Å². The normalized spacial score (nSPS) is 18.0. The number of hydrogen-bond acceptors (Lipinski definition) is 4. The molecule has 2 aromatic heterocycles. The molecule has 1 aromatic carbocycles. The zero-order valence-corrected chi connectivity index (χ0v) is 21.7. The number of pyridine rings is 1. The second-order valence-electron chi connectivity index (χ2n) is 10.8. The summed E-state index contributed by atoms with van der Waals surface area (Å²) >= 11 is 0. The van der Waals surface area contributed by atoms with Gasteiger partial charge in [-0.3, -0.25) is 14.0 Å². The topological polar surface area (TPSA) is 95.7 Å². The Hall–Kier alpha value is -3.35. The van der Waals surface area contributed by atoms with Gasteiger partial charge in [-0.05, 0) is 56.7 Å². The third-order valence-corrected chi connectivity index (χ3v) is 8.06. The molecule has 0 spiro atoms. The summed E-state index contributed by atoms with van der Waals surface area (Å²) in [4.78, 5) is 30.3. The van der Waals surface area contributed by atoms with E-state index in [4.69, 9.17) is 4.98 Å². The number of aryl methyl sites for hydroxylation is 1. The molecule has 7 heteroatoms. The lowest BCUT2D eigenvalue weighted by Gasteiger charge is -2.30. The molecule has 3 N–H and O–H groups in total. The van der Waals surface area contributed by atoms with Crippen LogP contribution < -0.4 is 10.6 Å². The largest absolute Gasteiger partial charge is 0.481 e. The fraction of sp³-hybridized carbons (Fsp3) is 0.500. The molecular weight excluding hydrogens is 464 g/mol. The van der Waals surface area contributed by atoms with Gasteiger partial charge in [0.2, 0.25) is 0 Å². The Morgan fingerprint density at radius 3 is 2.46 bits per heavy atom. The SMILES string of the molecule is Cc1cccc(-c2nc3c(C(=O)NC(CC(=O)O)C4CCCCC4)cccn3c2NC2CCCCC2)c1. The highest BCUT2D eigenvalue weighted by Gasteiger charge is 2.29. The van der Waals surface area contributed by atoms with E-state index in [-0.39, 0.29) is 24.3 Å². The van der Waals surface area contributed by atoms with E-state index in [1.165, 1.54) is 25.7 Å². The van der Waals surface area contributed by atoms with E-state index in [0.29, 0.717) is 17.3 Å². The molecule has 0 saturated heterocycles. The number of fused-ring (bicyclic) bond motifs is 1. The van der Waals surface area contributed by atoms with Crippen molar-refractivity contribution in [3.05, 3.63) is 53.7 Å². The van der Waals surface area contributed by atoms with Crippen LogP contribution in [0.1, 0.15) is 86.6 Å². The molecule has 0 bridgehead atoms. The Labute approximate surface area is 218 Å². The van der Waals surface area contributed by atoms with Gasteiger partial charge in [0.15, 0.2) is 5.65 Å². The smallest absolute Gasteiger partial charge is 0.305 e. The van der Waals surface area contributed by atoms with E-state index in [1.54, 1.807) is 6.07 Å². The summed E-state index contributed by atoms with van der Waals surface area (Å²) in [5.74, 6) is -0.0285. The van der Waals surface area contributed by atoms with Crippen molar-refractivity contribution in [1.82, 2.24) is 14.7 Å². The number of rotatable bonds is 8. The zero-order valence-electron chi connectivity index (χ0n) is 21.7. The molecule has 0 radical (unpaired) electrons. The lowest BCUT2D eigenvalue weighted by atomic mass is 9.82. The number of anilines is 1. The van der Waals surface area contributed by atoms with Crippen LogP contribution in [0.15, 0.2) is 42.6 Å². The van der Waals surface area contributed by atoms with Gasteiger partial charge in [0.25, 0.3) is 5.91 Å². The molecule has 3 aromatic rings. The van der Waals surface area contributed by atoms with Gasteiger partial charge in [0.1, 0.15) is 11.5 Å². The van der Waals surface area contributed by atoms with E-state index in [9.17, 15) is 14.7 Å². The molecule has 37 heavy (non-hydrogen) atoms. The molecule has 2 fully saturated rings. The molecule has 1 amide bonds. The molecule has 2 saturated carbocycles. The number of carboxylic acid groups (broad SMARTS) is 1. The van der Waals surface area contributed by atoms with Crippen molar-refractivity contribution >= 4 is 23.3 Å². The van der Waals surface area contributed by atoms with Gasteiger partial charge in [-0.15, -0.1) is 0 Å². The van der Waals surface area contributed by atoms with Crippen LogP contribution in [0.3, 0.4) is 0 Å². The van der Waals surface area contributed by atoms with Crippen molar-refractivity contribution in [3.63, 3.8) is 0 Å². The maximum atomic E-state index is 13.6. The van der Waals surface area contributed by atoms with Crippen LogP contribution in [-0.2, 0) is 4.79 Å². The molecule has 2 aliphatic carbocycles. The quantitative estimate of drug-likeness (QED) is 0.340. The Balaban J connectivity index is 1.52. The van der Waals surface area contributed by atoms with Crippen molar-refractivity contribution in [1.29, 1.82) is 0 Å². The number of carboxylic acids is 1. The van der Waals surface area contributed by atoms with Gasteiger partial charge >= 0.3 is 5.97 Å². The van der Waals surface area contributed by atoms with Crippen LogP contribution in [0.2, 0.25) is 0 Å². The molecule has 7 nitrogen and oxygen atoms in total. The van der Waals surface area contributed by atoms with Crippen LogP contribution in [0.25, 0.3) is 16.9 Å². The summed E-state index contributed by atoms with van der Waals surface area (Å²) in [5.41, 5.74) is 4.06. The minimum Gasteiger partial charge on any atom is -0.481 e. The molecule has 1 unspecified atom stereocenters. The minimum absolute atomic E-state index is 0.0585. The van der Waals surface area contributed by atoms with Gasteiger partial charge in [-0.2, -0.15) is 0 Å². The summed E-state index contributed by atoms with van der Waals surface area (Å²) < 4.78 is 1.99. The number of carbonyl (C=O) groups excluding carboxylic acids is 1. The zero-order chi connectivity index (χ0) is 25.8. The van der Waals surface area contributed by atoms with Crippen LogP contribution in [0.4, 0.5) is 5.82 Å². The Morgan fingerprint density at radius 2 is 1.76 bits per heavy atom. The van der Waals surface area contributed by atoms with Crippen molar-refractivity contribution in [2.75, 3.05) is 5.32 Å². The fourth-order valence-corrected chi connectivity index (χ4v) is 6.12. The monoisotopic (exact) mass is 502 g/mol. The predicted molar refractivity (Wildman–Crippen MR) is 146 cm³/mol. The van der Waals surface area contributed by atoms with Crippen molar-refractivity contribution in [2.24, 2.45) is 5.92 Å². The average Bonchev–Trinajstić information content (AvgIpc) is 3.27. The van der Waals surface area contributed by atoms with Gasteiger partial charge in [-0.1, -0.05) is 62.3 Å². The highest BCUT2D eigenvalue weighted by Crippen LogP contribution is 2.33. The van der Waals surface area contributed by atoms with Crippen molar-refractivity contribution in [3.8, 4) is 11.3 Å². The summed E-state index contributed by atoms with van der Waals surface area (Å²) in [6, 6.07) is 12.0. The maximum Gasteiger partial charge on any atom is 0.305 e. The minimum atomic E-state index is -0.879. The predicted octanol–water partition coefficient (Wildman–Crippen LogP) is 6.21. The van der Waals surface area contributed by atoms with Crippen LogP contribution in [0.5, 0.6) is 0 Å². The van der Waals surface area contributed by atoms with Crippen LogP contribution in [-0.4, -0.2) is 38.5 Å². The first kappa shape index (κ1) is 25.3. The number of carbonyl (C=O) groups is 2. The molecule has 2 heterocycles. The number of aromatic nitrogens is 2. The Kier molecular flexibility index (Phi) is 7.77. The lowest BCUT2D eigenvalue weighted by Crippen LogP contribution is -2.42. The van der Waals surface area contributed by atoms with Gasteiger partial charge in [-0.25, -0.2) is 4.98 Å². The third kappa shape index (κ3) is 5.81. The van der Waals surface area contributed by atoms with Crippen LogP contribution >= 0.6 is 0 Å². The molecule has 5 rings (SSSR count). The summed E-state index contributed by atoms with van der Waals surface area (Å²) in [6.07, 6.45) is 13.1. The Morgan fingerprint density at radius 1 is 1.03 bits per heavy atom. The van der Waals surface area contributed by atoms with E-state index in [0.717, 1.165) is 61.2 Å². The molecule has 0 aliphatic heterocycles. The summed E-state index contributed by atoms with van der Waals surface area (Å²) in [6.45, 7) is 2.07.